The molecule has 0 radical (unpaired) electrons. The minimum atomic E-state index is -1.88. The van der Waals surface area contributed by atoms with E-state index in [0.717, 1.165) is 0 Å². The molecule has 0 heterocycles. The number of nitrogens with zero attached hydrogens (tertiary/aromatic N) is 1. The smallest absolute Gasteiger partial charge is 0.550 e. The van der Waals surface area contributed by atoms with E-state index in [1.807, 2.05) is 0 Å². The molecule has 13 heteroatoms. The first-order chi connectivity index (χ1) is 9.20. The maximum absolute atomic E-state index is 10.9. The number of carboxylic acids is 4. The molecule has 23 heavy (non-hydrogen) atoms. The van der Waals surface area contributed by atoms with Crippen molar-refractivity contribution in [3.63, 3.8) is 0 Å². The topological polar surface area (TPSA) is 187 Å². The fraction of sp³-hybridized carbons (Fsp3) is 0.600. The van der Waals surface area contributed by atoms with Crippen LogP contribution in [0.4, 0.5) is 0 Å². The van der Waals surface area contributed by atoms with Gasteiger partial charge in [0, 0.05) is 25.5 Å². The zero-order valence-electron chi connectivity index (χ0n) is 13.3. The average molecular weight is 358 g/mol. The predicted octanol–water partition coefficient (Wildman–Crippen LogP) is -14.9. The summed E-state index contributed by atoms with van der Waals surface area (Å²) in [6, 6.07) is -3.73. The Morgan fingerprint density at radius 3 is 1.57 bits per heavy atom. The molecule has 0 amide bonds. The molecule has 10 nitrogen and oxygen atoms in total. The van der Waals surface area contributed by atoms with Crippen LogP contribution < -0.4 is 110 Å². The fourth-order valence-corrected chi connectivity index (χ4v) is 1.67. The number of carbonyl (C=O) groups excluding carboxylic acids is 3. The summed E-state index contributed by atoms with van der Waals surface area (Å²) in [5.41, 5.74) is 5.19. The summed E-state index contributed by atoms with van der Waals surface area (Å²) in [6.45, 7) is -0.585. The third kappa shape index (κ3) is 12.8. The molecule has 2 atom stereocenters. The van der Waals surface area contributed by atoms with Gasteiger partial charge in [0.25, 0.3) is 0 Å². The number of hydrogen-bond acceptors (Lipinski definition) is 9. The van der Waals surface area contributed by atoms with Gasteiger partial charge in [0.05, 0.1) is 30.4 Å². The van der Waals surface area contributed by atoms with Gasteiger partial charge in [0.2, 0.25) is 0 Å². The largest absolute Gasteiger partial charge is 1.00 e. The van der Waals surface area contributed by atoms with Crippen molar-refractivity contribution in [3.05, 3.63) is 0 Å². The zero-order valence-corrected chi connectivity index (χ0v) is 19.3. The third-order valence-electron chi connectivity index (χ3n) is 2.46. The average Bonchev–Trinajstić information content (AvgIpc) is 2.29. The molecule has 0 saturated carbocycles. The number of hydrogen-bond donors (Lipinski definition) is 2. The molecule has 0 spiro atoms. The minimum absolute atomic E-state index is 0. The van der Waals surface area contributed by atoms with E-state index in [0.29, 0.717) is 4.90 Å². The van der Waals surface area contributed by atoms with Crippen molar-refractivity contribution < 1.29 is 128 Å². The molecule has 114 valence electrons. The minimum Gasteiger partial charge on any atom is -0.550 e. The fourth-order valence-electron chi connectivity index (χ4n) is 1.67. The molecular formula is C10H13N2Na3O8. The van der Waals surface area contributed by atoms with E-state index in [-0.39, 0.29) is 102 Å². The Hall–Kier alpha value is 0.800. The van der Waals surface area contributed by atoms with Gasteiger partial charge in [0.15, 0.2) is 0 Å². The summed E-state index contributed by atoms with van der Waals surface area (Å²) in [5.74, 6) is -7.01. The van der Waals surface area contributed by atoms with Gasteiger partial charge in [-0.05, 0) is 0 Å². The van der Waals surface area contributed by atoms with Gasteiger partial charge in [-0.25, -0.2) is 0 Å². The molecule has 0 aromatic heterocycles. The molecule has 0 aliphatic heterocycles. The van der Waals surface area contributed by atoms with Crippen molar-refractivity contribution in [1.82, 2.24) is 4.90 Å². The van der Waals surface area contributed by atoms with Crippen LogP contribution in [0.2, 0.25) is 0 Å². The van der Waals surface area contributed by atoms with Crippen LogP contribution in [0, 0.1) is 0 Å². The Balaban J connectivity index is -0.000000602. The molecule has 0 rings (SSSR count). The van der Waals surface area contributed by atoms with Crippen LogP contribution in [0.25, 0.3) is 0 Å². The molecule has 0 bridgehead atoms. The molecular weight excluding hydrogens is 345 g/mol. The van der Waals surface area contributed by atoms with Gasteiger partial charge in [-0.2, -0.15) is 0 Å². The van der Waals surface area contributed by atoms with Crippen LogP contribution in [0.15, 0.2) is 0 Å². The SMILES string of the molecule is NCCN([C@@H](CC(=O)[O-])C(=O)[O-])[C@@H](CC(=O)O)C(=O)[O-].[Na+].[Na+].[Na+]. The van der Waals surface area contributed by atoms with Crippen LogP contribution in [-0.2, 0) is 19.2 Å². The Kier molecular flexibility index (Phi) is 22.3. The molecule has 0 aromatic carbocycles. The van der Waals surface area contributed by atoms with Gasteiger partial charge < -0.3 is 40.5 Å². The van der Waals surface area contributed by atoms with Crippen molar-refractivity contribution in [3.8, 4) is 0 Å². The molecule has 0 saturated heterocycles. The third-order valence-corrected chi connectivity index (χ3v) is 2.46. The van der Waals surface area contributed by atoms with Gasteiger partial charge in [-0.1, -0.05) is 0 Å². The number of nitrogens with two attached hydrogens (primary N) is 1. The van der Waals surface area contributed by atoms with Crippen molar-refractivity contribution in [2.45, 2.75) is 24.9 Å². The molecule has 0 aliphatic rings. The normalized spacial score (nSPS) is 11.9. The number of aliphatic carboxylic acids is 4. The molecule has 0 aliphatic carbocycles. The number of carbonyl (C=O) groups is 4. The van der Waals surface area contributed by atoms with Crippen LogP contribution in [-0.4, -0.2) is 59.1 Å². The van der Waals surface area contributed by atoms with E-state index >= 15 is 0 Å². The molecule has 0 aromatic rings. The van der Waals surface area contributed by atoms with Crippen LogP contribution >= 0.6 is 0 Å². The summed E-state index contributed by atoms with van der Waals surface area (Å²) in [7, 11) is 0. The second kappa shape index (κ2) is 16.3. The van der Waals surface area contributed by atoms with Gasteiger partial charge in [-0.3, -0.25) is 9.69 Å². The molecule has 3 N–H and O–H groups in total. The quantitative estimate of drug-likeness (QED) is 0.355. The number of rotatable bonds is 10. The summed E-state index contributed by atoms with van der Waals surface area (Å²) >= 11 is 0. The maximum Gasteiger partial charge on any atom is 1.00 e. The van der Waals surface area contributed by atoms with E-state index in [1.165, 1.54) is 0 Å². The maximum atomic E-state index is 10.9. The Bertz CT molecular complexity index is 376. The van der Waals surface area contributed by atoms with Gasteiger partial charge in [0.1, 0.15) is 0 Å². The van der Waals surface area contributed by atoms with Crippen molar-refractivity contribution >= 4 is 23.9 Å². The van der Waals surface area contributed by atoms with Crippen molar-refractivity contribution in [1.29, 1.82) is 0 Å². The van der Waals surface area contributed by atoms with Crippen molar-refractivity contribution in [2.75, 3.05) is 13.1 Å². The van der Waals surface area contributed by atoms with E-state index in [2.05, 4.69) is 0 Å². The summed E-state index contributed by atoms with van der Waals surface area (Å²) in [4.78, 5) is 43.5. The van der Waals surface area contributed by atoms with Gasteiger partial charge in [-0.15, -0.1) is 0 Å². The first-order valence-electron chi connectivity index (χ1n) is 5.49. The predicted molar refractivity (Wildman–Crippen MR) is 55.2 cm³/mol. The van der Waals surface area contributed by atoms with Crippen molar-refractivity contribution in [2.24, 2.45) is 5.73 Å². The first-order valence-corrected chi connectivity index (χ1v) is 5.49. The summed E-state index contributed by atoms with van der Waals surface area (Å²) < 4.78 is 0. The Morgan fingerprint density at radius 2 is 1.30 bits per heavy atom. The van der Waals surface area contributed by atoms with Crippen LogP contribution in [0.5, 0.6) is 0 Å². The van der Waals surface area contributed by atoms with Crippen LogP contribution in [0.3, 0.4) is 0 Å². The van der Waals surface area contributed by atoms with E-state index in [9.17, 15) is 34.5 Å². The second-order valence-electron chi connectivity index (χ2n) is 3.87. The standard InChI is InChI=1S/C10H16N2O8.3Na/c11-1-2-12(5(9(17)18)3-7(13)14)6(10(19)20)4-8(15)16;;;/h5-6H,1-4,11H2,(H,13,14)(H,15,16)(H,17,18)(H,19,20);;;/q;3*+1/p-3/t5-,6-;;;/m0.../s1. The number of carboxylic acid groups (broad SMARTS) is 4. The van der Waals surface area contributed by atoms with E-state index < -0.39 is 48.8 Å². The monoisotopic (exact) mass is 358 g/mol. The first kappa shape index (κ1) is 31.6. The van der Waals surface area contributed by atoms with Gasteiger partial charge >= 0.3 is 94.6 Å². The van der Waals surface area contributed by atoms with E-state index in [4.69, 9.17) is 10.8 Å². The Labute approximate surface area is 198 Å². The molecule has 0 fully saturated rings. The Morgan fingerprint density at radius 1 is 0.913 bits per heavy atom. The second-order valence-corrected chi connectivity index (χ2v) is 3.87. The van der Waals surface area contributed by atoms with Crippen LogP contribution in [0.1, 0.15) is 12.8 Å². The summed E-state index contributed by atoms with van der Waals surface area (Å²) in [5, 5.41) is 41.0. The molecule has 0 unspecified atom stereocenters. The zero-order chi connectivity index (χ0) is 15.9. The summed E-state index contributed by atoms with van der Waals surface area (Å²) in [6.07, 6.45) is -2.04. The van der Waals surface area contributed by atoms with E-state index in [1.54, 1.807) is 0 Å².